The number of fused-ring (bicyclic) bond motifs is 1. The molecular formula is C13H12N2O. The molecular weight excluding hydrogens is 200 g/mol. The van der Waals surface area contributed by atoms with Crippen LogP contribution in [0.4, 0.5) is 0 Å². The molecule has 0 fully saturated rings. The molecule has 2 aromatic rings. The van der Waals surface area contributed by atoms with Crippen molar-refractivity contribution in [2.75, 3.05) is 0 Å². The van der Waals surface area contributed by atoms with E-state index >= 15 is 0 Å². The van der Waals surface area contributed by atoms with Crippen LogP contribution in [0.1, 0.15) is 15.9 Å². The summed E-state index contributed by atoms with van der Waals surface area (Å²) in [5.74, 6) is 0.343. The average Bonchev–Trinajstić information content (AvgIpc) is 2.90. The number of hydrogen-bond donors (Lipinski definition) is 0. The Balaban J connectivity index is 1.85. The summed E-state index contributed by atoms with van der Waals surface area (Å²) in [5, 5.41) is 0. The maximum Gasteiger partial charge on any atom is 0.168 e. The molecule has 0 N–H and O–H groups in total. The lowest BCUT2D eigenvalue weighted by atomic mass is 10.1. The molecule has 80 valence electrons. The van der Waals surface area contributed by atoms with Gasteiger partial charge in [-0.3, -0.25) is 4.79 Å². The van der Waals surface area contributed by atoms with E-state index in [1.165, 1.54) is 5.56 Å². The summed E-state index contributed by atoms with van der Waals surface area (Å²) in [6.45, 7) is 0.730. The van der Waals surface area contributed by atoms with Gasteiger partial charge >= 0.3 is 0 Å². The molecule has 1 aromatic carbocycles. The number of hydrogen-bond acceptors (Lipinski definition) is 2. The van der Waals surface area contributed by atoms with E-state index in [1.54, 1.807) is 12.5 Å². The van der Waals surface area contributed by atoms with Crippen LogP contribution < -0.4 is 0 Å². The van der Waals surface area contributed by atoms with Crippen LogP contribution >= 0.6 is 0 Å². The molecule has 0 spiro atoms. The molecule has 3 heteroatoms. The summed E-state index contributed by atoms with van der Waals surface area (Å²) in [4.78, 5) is 16.1. The van der Waals surface area contributed by atoms with Crippen molar-refractivity contribution in [1.82, 2.24) is 9.55 Å². The van der Waals surface area contributed by atoms with Crippen molar-refractivity contribution >= 4 is 5.78 Å². The maximum absolute atomic E-state index is 12.1. The van der Waals surface area contributed by atoms with Gasteiger partial charge in [-0.05, 0) is 12.0 Å². The first-order valence-corrected chi connectivity index (χ1v) is 5.42. The van der Waals surface area contributed by atoms with Crippen molar-refractivity contribution in [1.29, 1.82) is 0 Å². The maximum atomic E-state index is 12.1. The third-order valence-electron chi connectivity index (χ3n) is 3.11. The summed E-state index contributed by atoms with van der Waals surface area (Å²) in [5.41, 5.74) is 2.07. The summed E-state index contributed by atoms with van der Waals surface area (Å²) >= 11 is 0. The van der Waals surface area contributed by atoms with E-state index in [-0.39, 0.29) is 11.7 Å². The van der Waals surface area contributed by atoms with Crippen molar-refractivity contribution in [2.24, 2.45) is 5.92 Å². The zero-order valence-electron chi connectivity index (χ0n) is 8.84. The number of imidazole rings is 1. The van der Waals surface area contributed by atoms with Gasteiger partial charge in [0.25, 0.3) is 0 Å². The highest BCUT2D eigenvalue weighted by Crippen LogP contribution is 2.27. The first-order chi connectivity index (χ1) is 7.84. The van der Waals surface area contributed by atoms with Crippen molar-refractivity contribution < 1.29 is 4.79 Å². The van der Waals surface area contributed by atoms with Crippen LogP contribution in [0.5, 0.6) is 0 Å². The van der Waals surface area contributed by atoms with E-state index < -0.39 is 0 Å². The number of nitrogens with zero attached hydrogens (tertiary/aromatic N) is 2. The minimum absolute atomic E-state index is 0.0756. The fourth-order valence-corrected chi connectivity index (χ4v) is 2.31. The Morgan fingerprint density at radius 1 is 1.38 bits per heavy atom. The topological polar surface area (TPSA) is 34.9 Å². The van der Waals surface area contributed by atoms with Gasteiger partial charge < -0.3 is 4.57 Å². The number of ketones is 1. The van der Waals surface area contributed by atoms with Crippen molar-refractivity contribution in [2.45, 2.75) is 13.0 Å². The quantitative estimate of drug-likeness (QED) is 0.762. The molecule has 0 saturated heterocycles. The van der Waals surface area contributed by atoms with Crippen LogP contribution in [0.25, 0.3) is 0 Å². The van der Waals surface area contributed by atoms with E-state index in [4.69, 9.17) is 0 Å². The highest BCUT2D eigenvalue weighted by molar-refractivity contribution is 6.02. The van der Waals surface area contributed by atoms with Gasteiger partial charge in [0.15, 0.2) is 5.78 Å². The standard InChI is InChI=1S/C13H12N2O/c16-13-11(8-15-6-5-14-9-15)7-10-3-1-2-4-12(10)13/h1-6,9,11H,7-8H2. The minimum atomic E-state index is 0.0756. The third-order valence-corrected chi connectivity index (χ3v) is 3.11. The molecule has 1 atom stereocenters. The van der Waals surface area contributed by atoms with Gasteiger partial charge in [-0.25, -0.2) is 4.98 Å². The number of rotatable bonds is 2. The Morgan fingerprint density at radius 3 is 3.00 bits per heavy atom. The molecule has 3 nitrogen and oxygen atoms in total. The molecule has 0 saturated carbocycles. The summed E-state index contributed by atoms with van der Waals surface area (Å²) in [6, 6.07) is 7.88. The molecule has 1 heterocycles. The highest BCUT2D eigenvalue weighted by atomic mass is 16.1. The number of Topliss-reactive ketones (excluding diaryl/α,β-unsaturated/α-hetero) is 1. The largest absolute Gasteiger partial charge is 0.337 e. The van der Waals surface area contributed by atoms with Gasteiger partial charge in [0, 0.05) is 30.4 Å². The Kier molecular flexibility index (Phi) is 2.10. The van der Waals surface area contributed by atoms with E-state index in [1.807, 2.05) is 35.0 Å². The summed E-state index contributed by atoms with van der Waals surface area (Å²) in [7, 11) is 0. The summed E-state index contributed by atoms with van der Waals surface area (Å²) in [6.07, 6.45) is 6.26. The van der Waals surface area contributed by atoms with E-state index in [9.17, 15) is 4.79 Å². The van der Waals surface area contributed by atoms with Gasteiger partial charge in [-0.15, -0.1) is 0 Å². The SMILES string of the molecule is O=C1c2ccccc2CC1Cn1ccnc1. The Morgan fingerprint density at radius 2 is 2.25 bits per heavy atom. The third kappa shape index (κ3) is 1.45. The molecule has 1 aromatic heterocycles. The zero-order chi connectivity index (χ0) is 11.0. The fraction of sp³-hybridized carbons (Fsp3) is 0.231. The Bertz CT molecular complexity index is 514. The van der Waals surface area contributed by atoms with Gasteiger partial charge in [0.2, 0.25) is 0 Å². The lowest BCUT2D eigenvalue weighted by molar-refractivity contribution is 0.0925. The predicted octanol–water partition coefficient (Wildman–Crippen LogP) is 1.94. The highest BCUT2D eigenvalue weighted by Gasteiger charge is 2.29. The Hall–Kier alpha value is -1.90. The lowest BCUT2D eigenvalue weighted by Crippen LogP contribution is -2.15. The summed E-state index contributed by atoms with van der Waals surface area (Å²) < 4.78 is 1.97. The van der Waals surface area contributed by atoms with Crippen molar-refractivity contribution in [3.8, 4) is 0 Å². The van der Waals surface area contributed by atoms with E-state index in [0.717, 1.165) is 18.5 Å². The van der Waals surface area contributed by atoms with Gasteiger partial charge in [0.1, 0.15) is 0 Å². The number of carbonyl (C=O) groups excluding carboxylic acids is 1. The van der Waals surface area contributed by atoms with E-state index in [0.29, 0.717) is 0 Å². The minimum Gasteiger partial charge on any atom is -0.337 e. The van der Waals surface area contributed by atoms with Crippen LogP contribution in [-0.2, 0) is 13.0 Å². The van der Waals surface area contributed by atoms with Gasteiger partial charge in [-0.1, -0.05) is 24.3 Å². The molecule has 1 aliphatic carbocycles. The number of benzene rings is 1. The van der Waals surface area contributed by atoms with Crippen LogP contribution in [0.2, 0.25) is 0 Å². The number of aromatic nitrogens is 2. The fourth-order valence-electron chi connectivity index (χ4n) is 2.31. The molecule has 0 bridgehead atoms. The first kappa shape index (κ1) is 9.33. The van der Waals surface area contributed by atoms with Crippen molar-refractivity contribution in [3.63, 3.8) is 0 Å². The molecule has 0 amide bonds. The second-order valence-corrected chi connectivity index (χ2v) is 4.18. The predicted molar refractivity (Wildman–Crippen MR) is 60.2 cm³/mol. The van der Waals surface area contributed by atoms with Crippen molar-refractivity contribution in [3.05, 3.63) is 54.1 Å². The molecule has 3 rings (SSSR count). The van der Waals surface area contributed by atoms with Crippen LogP contribution in [-0.4, -0.2) is 15.3 Å². The van der Waals surface area contributed by atoms with E-state index in [2.05, 4.69) is 4.98 Å². The smallest absolute Gasteiger partial charge is 0.168 e. The second kappa shape index (κ2) is 3.59. The average molecular weight is 212 g/mol. The van der Waals surface area contributed by atoms with Gasteiger partial charge in [-0.2, -0.15) is 0 Å². The molecule has 0 aliphatic heterocycles. The molecule has 16 heavy (non-hydrogen) atoms. The second-order valence-electron chi connectivity index (χ2n) is 4.18. The molecule has 1 unspecified atom stereocenters. The zero-order valence-corrected chi connectivity index (χ0v) is 8.84. The van der Waals surface area contributed by atoms with Crippen LogP contribution in [0.15, 0.2) is 43.0 Å². The molecule has 0 radical (unpaired) electrons. The lowest BCUT2D eigenvalue weighted by Gasteiger charge is -2.07. The van der Waals surface area contributed by atoms with Crippen LogP contribution in [0.3, 0.4) is 0 Å². The Labute approximate surface area is 93.7 Å². The number of carbonyl (C=O) groups is 1. The normalized spacial score (nSPS) is 18.8. The molecule has 1 aliphatic rings. The first-order valence-electron chi connectivity index (χ1n) is 5.42. The monoisotopic (exact) mass is 212 g/mol. The van der Waals surface area contributed by atoms with Crippen LogP contribution in [0, 0.1) is 5.92 Å². The van der Waals surface area contributed by atoms with Gasteiger partial charge in [0.05, 0.1) is 6.33 Å².